The number of nitrogens with zero attached hydrogens (tertiary/aromatic N) is 2. The van der Waals surface area contributed by atoms with Crippen LogP contribution in [0.4, 0.5) is 0 Å². The number of hydrogen-bond donors (Lipinski definition) is 2. The van der Waals surface area contributed by atoms with Crippen molar-refractivity contribution >= 4 is 11.8 Å². The first-order valence-corrected chi connectivity index (χ1v) is 7.43. The van der Waals surface area contributed by atoms with Gasteiger partial charge in [0.05, 0.1) is 12.2 Å². The molecular formula is C14H18N4S. The molecule has 3 N–H and O–H groups in total. The summed E-state index contributed by atoms with van der Waals surface area (Å²) >= 11 is 1.90. The Morgan fingerprint density at radius 3 is 3.05 bits per heavy atom. The summed E-state index contributed by atoms with van der Waals surface area (Å²) < 4.78 is 1.94. The molecule has 100 valence electrons. The van der Waals surface area contributed by atoms with Gasteiger partial charge < -0.3 is 0 Å². The van der Waals surface area contributed by atoms with Crippen LogP contribution in [0.3, 0.4) is 0 Å². The Balaban J connectivity index is 1.81. The summed E-state index contributed by atoms with van der Waals surface area (Å²) in [5, 5.41) is 4.76. The number of aromatic nitrogens is 2. The standard InChI is InChI=1S/C14H18N4S/c1-2-18-9-11(8-16-18)14(17-15)13-7-10-5-3-4-6-12(10)19-13/h3-6,8-9,13-14,17H,2,7,15H2,1H3. The van der Waals surface area contributed by atoms with Crippen LogP contribution < -0.4 is 11.3 Å². The van der Waals surface area contributed by atoms with E-state index in [0.717, 1.165) is 18.5 Å². The van der Waals surface area contributed by atoms with Gasteiger partial charge in [-0.3, -0.25) is 16.0 Å². The number of rotatable bonds is 4. The van der Waals surface area contributed by atoms with Crippen LogP contribution in [-0.4, -0.2) is 15.0 Å². The van der Waals surface area contributed by atoms with Crippen LogP contribution in [0, 0.1) is 0 Å². The van der Waals surface area contributed by atoms with Gasteiger partial charge in [-0.1, -0.05) is 18.2 Å². The summed E-state index contributed by atoms with van der Waals surface area (Å²) in [6.07, 6.45) is 5.04. The van der Waals surface area contributed by atoms with Crippen molar-refractivity contribution in [3.8, 4) is 0 Å². The van der Waals surface area contributed by atoms with Crippen molar-refractivity contribution in [1.82, 2.24) is 15.2 Å². The van der Waals surface area contributed by atoms with Crippen LogP contribution >= 0.6 is 11.8 Å². The molecule has 2 heterocycles. The van der Waals surface area contributed by atoms with Crippen molar-refractivity contribution in [1.29, 1.82) is 0 Å². The van der Waals surface area contributed by atoms with Crippen LogP contribution in [-0.2, 0) is 13.0 Å². The molecule has 0 amide bonds. The number of thioether (sulfide) groups is 1. The Kier molecular flexibility index (Phi) is 3.59. The summed E-state index contributed by atoms with van der Waals surface area (Å²) in [5.41, 5.74) is 5.54. The highest BCUT2D eigenvalue weighted by atomic mass is 32.2. The van der Waals surface area contributed by atoms with E-state index in [1.165, 1.54) is 10.5 Å². The second-order valence-corrected chi connectivity index (χ2v) is 6.02. The molecule has 2 aromatic rings. The fraction of sp³-hybridized carbons (Fsp3) is 0.357. The Morgan fingerprint density at radius 1 is 1.53 bits per heavy atom. The largest absolute Gasteiger partial charge is 0.273 e. The number of hydrazine groups is 1. The van der Waals surface area contributed by atoms with Gasteiger partial charge in [0.2, 0.25) is 0 Å². The predicted octanol–water partition coefficient (Wildman–Crippen LogP) is 2.12. The molecule has 1 aromatic heterocycles. The first-order valence-electron chi connectivity index (χ1n) is 6.55. The molecule has 19 heavy (non-hydrogen) atoms. The number of hydrogen-bond acceptors (Lipinski definition) is 4. The molecular weight excluding hydrogens is 256 g/mol. The Labute approximate surface area is 117 Å². The summed E-state index contributed by atoms with van der Waals surface area (Å²) in [5.74, 6) is 5.77. The summed E-state index contributed by atoms with van der Waals surface area (Å²) in [6.45, 7) is 2.97. The van der Waals surface area contributed by atoms with E-state index < -0.39 is 0 Å². The zero-order valence-corrected chi connectivity index (χ0v) is 11.7. The Bertz CT molecular complexity index is 541. The van der Waals surface area contributed by atoms with Gasteiger partial charge in [0.15, 0.2) is 0 Å². The van der Waals surface area contributed by atoms with Crippen molar-refractivity contribution in [3.63, 3.8) is 0 Å². The minimum atomic E-state index is 0.137. The summed E-state index contributed by atoms with van der Waals surface area (Å²) in [4.78, 5) is 1.37. The van der Waals surface area contributed by atoms with E-state index in [2.05, 4.69) is 47.9 Å². The number of aryl methyl sites for hydroxylation is 1. The van der Waals surface area contributed by atoms with E-state index in [1.807, 2.05) is 22.6 Å². The molecule has 0 spiro atoms. The van der Waals surface area contributed by atoms with Gasteiger partial charge in [-0.2, -0.15) is 5.10 Å². The molecule has 0 bridgehead atoms. The van der Waals surface area contributed by atoms with Crippen LogP contribution in [0.15, 0.2) is 41.6 Å². The number of nitrogens with two attached hydrogens (primary N) is 1. The highest BCUT2D eigenvalue weighted by molar-refractivity contribution is 8.00. The minimum Gasteiger partial charge on any atom is -0.273 e. The average Bonchev–Trinajstić information content (AvgIpc) is 3.05. The molecule has 0 radical (unpaired) electrons. The lowest BCUT2D eigenvalue weighted by Crippen LogP contribution is -2.34. The van der Waals surface area contributed by atoms with E-state index in [4.69, 9.17) is 5.84 Å². The average molecular weight is 274 g/mol. The lowest BCUT2D eigenvalue weighted by Gasteiger charge is -2.20. The number of fused-ring (bicyclic) bond motifs is 1. The molecule has 5 heteroatoms. The summed E-state index contributed by atoms with van der Waals surface area (Å²) in [6, 6.07) is 8.71. The molecule has 3 rings (SSSR count). The second-order valence-electron chi connectivity index (χ2n) is 4.74. The first-order chi connectivity index (χ1) is 9.31. The van der Waals surface area contributed by atoms with Gasteiger partial charge in [-0.25, -0.2) is 0 Å². The van der Waals surface area contributed by atoms with Crippen molar-refractivity contribution < 1.29 is 0 Å². The third kappa shape index (κ3) is 2.41. The van der Waals surface area contributed by atoms with Crippen LogP contribution in [0.25, 0.3) is 0 Å². The summed E-state index contributed by atoms with van der Waals surface area (Å²) in [7, 11) is 0. The monoisotopic (exact) mass is 274 g/mol. The minimum absolute atomic E-state index is 0.137. The molecule has 0 aliphatic carbocycles. The van der Waals surface area contributed by atoms with Gasteiger partial charge in [0.1, 0.15) is 0 Å². The Hall–Kier alpha value is -1.30. The van der Waals surface area contributed by atoms with Crippen LogP contribution in [0.5, 0.6) is 0 Å². The SMILES string of the molecule is CCn1cc(C(NN)C2Cc3ccccc3S2)cn1. The highest BCUT2D eigenvalue weighted by Gasteiger charge is 2.30. The van der Waals surface area contributed by atoms with Gasteiger partial charge in [0.25, 0.3) is 0 Å². The quantitative estimate of drug-likeness (QED) is 0.662. The maximum Gasteiger partial charge on any atom is 0.0616 e. The lowest BCUT2D eigenvalue weighted by molar-refractivity contribution is 0.532. The van der Waals surface area contributed by atoms with Crippen molar-refractivity contribution in [3.05, 3.63) is 47.8 Å². The molecule has 2 atom stereocenters. The molecule has 0 fully saturated rings. The lowest BCUT2D eigenvalue weighted by atomic mass is 10.0. The van der Waals surface area contributed by atoms with Gasteiger partial charge in [0, 0.05) is 28.5 Å². The fourth-order valence-corrected chi connectivity index (χ4v) is 3.95. The highest BCUT2D eigenvalue weighted by Crippen LogP contribution is 2.42. The van der Waals surface area contributed by atoms with Crippen LogP contribution in [0.2, 0.25) is 0 Å². The number of nitrogens with one attached hydrogen (secondary N) is 1. The van der Waals surface area contributed by atoms with Crippen molar-refractivity contribution in [2.75, 3.05) is 0 Å². The molecule has 4 nitrogen and oxygen atoms in total. The van der Waals surface area contributed by atoms with Crippen LogP contribution in [0.1, 0.15) is 24.1 Å². The van der Waals surface area contributed by atoms with Gasteiger partial charge in [-0.05, 0) is 25.0 Å². The normalized spacial score (nSPS) is 19.4. The topological polar surface area (TPSA) is 55.9 Å². The molecule has 1 aliphatic rings. The van der Waals surface area contributed by atoms with Crippen molar-refractivity contribution in [2.24, 2.45) is 5.84 Å². The van der Waals surface area contributed by atoms with E-state index >= 15 is 0 Å². The van der Waals surface area contributed by atoms with E-state index in [0.29, 0.717) is 5.25 Å². The van der Waals surface area contributed by atoms with E-state index in [-0.39, 0.29) is 6.04 Å². The third-order valence-corrected chi connectivity index (χ3v) is 4.95. The van der Waals surface area contributed by atoms with E-state index in [1.54, 1.807) is 0 Å². The van der Waals surface area contributed by atoms with Gasteiger partial charge >= 0.3 is 0 Å². The molecule has 2 unspecified atom stereocenters. The first kappa shape index (κ1) is 12.7. The molecule has 0 saturated heterocycles. The number of benzene rings is 1. The molecule has 1 aliphatic heterocycles. The zero-order valence-electron chi connectivity index (χ0n) is 10.9. The van der Waals surface area contributed by atoms with E-state index in [9.17, 15) is 0 Å². The zero-order chi connectivity index (χ0) is 13.2. The Morgan fingerprint density at radius 2 is 2.37 bits per heavy atom. The fourth-order valence-electron chi connectivity index (χ4n) is 2.53. The molecule has 0 saturated carbocycles. The van der Waals surface area contributed by atoms with Crippen molar-refractivity contribution in [2.45, 2.75) is 36.1 Å². The second kappa shape index (κ2) is 5.36. The maximum absolute atomic E-state index is 5.77. The van der Waals surface area contributed by atoms with Gasteiger partial charge in [-0.15, -0.1) is 11.8 Å². The maximum atomic E-state index is 5.77. The molecule has 1 aromatic carbocycles. The smallest absolute Gasteiger partial charge is 0.0616 e. The predicted molar refractivity (Wildman–Crippen MR) is 77.8 cm³/mol. The third-order valence-electron chi connectivity index (χ3n) is 3.56.